The number of hydrogen-bond acceptors (Lipinski definition) is 6. The van der Waals surface area contributed by atoms with E-state index in [1.165, 1.54) is 26.4 Å². The predicted molar refractivity (Wildman–Crippen MR) is 130 cm³/mol. The third-order valence-corrected chi connectivity index (χ3v) is 6.09. The Morgan fingerprint density at radius 3 is 2.31 bits per heavy atom. The first kappa shape index (κ1) is 23.8. The number of benzene rings is 3. The van der Waals surface area contributed by atoms with Crippen LogP contribution >= 0.6 is 0 Å². The summed E-state index contributed by atoms with van der Waals surface area (Å²) in [5.41, 5.74) is 4.18. The number of rotatable bonds is 6. The topological polar surface area (TPSA) is 94.2 Å². The Morgan fingerprint density at radius 1 is 0.971 bits per heavy atom. The number of amides is 2. The van der Waals surface area contributed by atoms with Crippen LogP contribution in [0.1, 0.15) is 49.0 Å². The normalized spacial score (nSPS) is 14.3. The molecule has 1 N–H and O–H groups in total. The summed E-state index contributed by atoms with van der Waals surface area (Å²) < 4.78 is 14.9. The van der Waals surface area contributed by atoms with E-state index in [4.69, 9.17) is 14.2 Å². The Labute approximate surface area is 203 Å². The number of aryl methyl sites for hydroxylation is 1. The van der Waals surface area contributed by atoms with Gasteiger partial charge in [-0.05, 0) is 47.9 Å². The van der Waals surface area contributed by atoms with Crippen molar-refractivity contribution in [3.63, 3.8) is 0 Å². The van der Waals surface area contributed by atoms with Crippen molar-refractivity contribution >= 4 is 23.7 Å². The minimum atomic E-state index is -0.709. The van der Waals surface area contributed by atoms with E-state index in [0.29, 0.717) is 29.1 Å². The average Bonchev–Trinajstić information content (AvgIpc) is 3.15. The largest absolute Gasteiger partial charge is 0.497 e. The summed E-state index contributed by atoms with van der Waals surface area (Å²) in [6.07, 6.45) is -0.709. The molecule has 3 aromatic carbocycles. The fourth-order valence-electron chi connectivity index (χ4n) is 4.36. The summed E-state index contributed by atoms with van der Waals surface area (Å²) in [4.78, 5) is 40.1. The number of nitrogens with one attached hydrogen (secondary N) is 1. The van der Waals surface area contributed by atoms with Crippen LogP contribution in [0.2, 0.25) is 0 Å². The number of fused-ring (bicyclic) bond motifs is 1. The minimum absolute atomic E-state index is 0.154. The number of ether oxygens (including phenoxy) is 3. The van der Waals surface area contributed by atoms with Gasteiger partial charge < -0.3 is 19.1 Å². The quantitative estimate of drug-likeness (QED) is 0.520. The number of carbonyl (C=O) groups excluding carboxylic acids is 3. The number of nitrogens with zero attached hydrogens (tertiary/aromatic N) is 1. The van der Waals surface area contributed by atoms with Crippen molar-refractivity contribution in [2.45, 2.75) is 19.5 Å². The van der Waals surface area contributed by atoms with E-state index >= 15 is 0 Å². The molecule has 1 unspecified atom stereocenters. The Morgan fingerprint density at radius 2 is 1.69 bits per heavy atom. The molecule has 8 heteroatoms. The van der Waals surface area contributed by atoms with Crippen LogP contribution in [0.25, 0.3) is 0 Å². The molecule has 0 radical (unpaired) electrons. The maximum Gasteiger partial charge on any atom is 0.411 e. The summed E-state index contributed by atoms with van der Waals surface area (Å²) >= 11 is 0. The number of carbonyl (C=O) groups is 3. The summed E-state index contributed by atoms with van der Waals surface area (Å²) in [6.45, 7) is 2.28. The van der Waals surface area contributed by atoms with Gasteiger partial charge in [-0.25, -0.2) is 9.59 Å². The van der Waals surface area contributed by atoms with Crippen LogP contribution in [-0.4, -0.2) is 44.2 Å². The van der Waals surface area contributed by atoms with Gasteiger partial charge in [-0.1, -0.05) is 36.4 Å². The molecule has 0 bridgehead atoms. The zero-order valence-electron chi connectivity index (χ0n) is 20.0. The van der Waals surface area contributed by atoms with Crippen molar-refractivity contribution in [2.75, 3.05) is 26.6 Å². The first-order valence-electron chi connectivity index (χ1n) is 11.0. The molecule has 35 heavy (non-hydrogen) atoms. The molecular weight excluding hydrogens is 448 g/mol. The van der Waals surface area contributed by atoms with E-state index in [1.807, 2.05) is 55.5 Å². The highest BCUT2D eigenvalue weighted by Crippen LogP contribution is 2.45. The first-order chi connectivity index (χ1) is 16.9. The Balaban J connectivity index is 1.90. The lowest BCUT2D eigenvalue weighted by molar-refractivity contribution is 0.0600. The van der Waals surface area contributed by atoms with Gasteiger partial charge in [0.2, 0.25) is 0 Å². The summed E-state index contributed by atoms with van der Waals surface area (Å²) in [7, 11) is 4.11. The maximum atomic E-state index is 13.8. The van der Waals surface area contributed by atoms with Crippen LogP contribution in [0.15, 0.2) is 60.7 Å². The van der Waals surface area contributed by atoms with Crippen LogP contribution in [-0.2, 0) is 16.0 Å². The number of anilines is 1. The molecule has 0 saturated heterocycles. The van der Waals surface area contributed by atoms with Crippen molar-refractivity contribution in [3.05, 3.63) is 94.0 Å². The van der Waals surface area contributed by atoms with Gasteiger partial charge in [0, 0.05) is 17.7 Å². The van der Waals surface area contributed by atoms with Crippen LogP contribution in [0.3, 0.4) is 0 Å². The molecule has 2 amide bonds. The Kier molecular flexibility index (Phi) is 6.73. The SMILES string of the molecule is COC(=O)Nc1cc(C(=O)OC)cc2c1C(c1ccccc1C)N(Cc1ccc(OC)cc1)C2=O. The van der Waals surface area contributed by atoms with Crippen molar-refractivity contribution in [2.24, 2.45) is 0 Å². The second-order valence-electron chi connectivity index (χ2n) is 8.13. The second-order valence-corrected chi connectivity index (χ2v) is 8.13. The smallest absolute Gasteiger partial charge is 0.411 e. The Hall–Kier alpha value is -4.33. The summed E-state index contributed by atoms with van der Waals surface area (Å²) in [6, 6.07) is 17.8. The van der Waals surface area contributed by atoms with Gasteiger partial charge in [0.25, 0.3) is 5.91 Å². The van der Waals surface area contributed by atoms with Crippen molar-refractivity contribution < 1.29 is 28.6 Å². The second kappa shape index (κ2) is 9.89. The Bertz CT molecular complexity index is 1290. The summed E-state index contributed by atoms with van der Waals surface area (Å²) in [5, 5.41) is 2.69. The first-order valence-corrected chi connectivity index (χ1v) is 11.0. The van der Waals surface area contributed by atoms with Gasteiger partial charge in [-0.2, -0.15) is 0 Å². The zero-order valence-corrected chi connectivity index (χ0v) is 20.0. The van der Waals surface area contributed by atoms with Gasteiger partial charge in [0.1, 0.15) is 5.75 Å². The molecule has 0 saturated carbocycles. The number of hydrogen-bond donors (Lipinski definition) is 1. The third-order valence-electron chi connectivity index (χ3n) is 6.09. The fourth-order valence-corrected chi connectivity index (χ4v) is 4.36. The molecule has 0 spiro atoms. The van der Waals surface area contributed by atoms with E-state index in [1.54, 1.807) is 12.0 Å². The van der Waals surface area contributed by atoms with Gasteiger partial charge in [-0.15, -0.1) is 0 Å². The molecule has 1 atom stereocenters. The van der Waals surface area contributed by atoms with Gasteiger partial charge >= 0.3 is 12.1 Å². The van der Waals surface area contributed by atoms with E-state index < -0.39 is 18.1 Å². The highest BCUT2D eigenvalue weighted by atomic mass is 16.5. The molecule has 8 nitrogen and oxygen atoms in total. The minimum Gasteiger partial charge on any atom is -0.497 e. The van der Waals surface area contributed by atoms with Crippen LogP contribution < -0.4 is 10.1 Å². The van der Waals surface area contributed by atoms with Crippen LogP contribution in [0, 0.1) is 6.92 Å². The van der Waals surface area contributed by atoms with Gasteiger partial charge in [0.15, 0.2) is 0 Å². The van der Waals surface area contributed by atoms with Crippen LogP contribution in [0.5, 0.6) is 5.75 Å². The molecule has 180 valence electrons. The molecule has 1 aliphatic heterocycles. The van der Waals surface area contributed by atoms with Crippen molar-refractivity contribution in [1.82, 2.24) is 4.90 Å². The standard InChI is InChI=1S/C27H26N2O6/c1-16-7-5-6-8-20(16)24-23-21(13-18(26(31)34-3)14-22(23)28-27(32)35-4)25(30)29(24)15-17-9-11-19(33-2)12-10-17/h5-14,24H,15H2,1-4H3,(H,28,32). The van der Waals surface area contributed by atoms with Gasteiger partial charge in [0.05, 0.1) is 38.6 Å². The zero-order chi connectivity index (χ0) is 25.1. The lowest BCUT2D eigenvalue weighted by Gasteiger charge is -2.28. The van der Waals surface area contributed by atoms with E-state index in [0.717, 1.165) is 16.7 Å². The molecule has 4 rings (SSSR count). The van der Waals surface area contributed by atoms with E-state index in [2.05, 4.69) is 5.32 Å². The monoisotopic (exact) mass is 474 g/mol. The molecule has 0 fully saturated rings. The maximum absolute atomic E-state index is 13.8. The van der Waals surface area contributed by atoms with Gasteiger partial charge in [-0.3, -0.25) is 10.1 Å². The number of methoxy groups -OCH3 is 3. The lowest BCUT2D eigenvalue weighted by Crippen LogP contribution is -2.29. The number of esters is 1. The molecule has 3 aromatic rings. The molecule has 1 aliphatic rings. The lowest BCUT2D eigenvalue weighted by atomic mass is 9.92. The third kappa shape index (κ3) is 4.55. The van der Waals surface area contributed by atoms with E-state index in [-0.39, 0.29) is 11.5 Å². The fraction of sp³-hybridized carbons (Fsp3) is 0.222. The van der Waals surface area contributed by atoms with E-state index in [9.17, 15) is 14.4 Å². The molecule has 0 aliphatic carbocycles. The van der Waals surface area contributed by atoms with Crippen molar-refractivity contribution in [3.8, 4) is 5.75 Å². The highest BCUT2D eigenvalue weighted by molar-refractivity contribution is 6.06. The summed E-state index contributed by atoms with van der Waals surface area (Å²) in [5.74, 6) is -0.162. The van der Waals surface area contributed by atoms with Crippen molar-refractivity contribution in [1.29, 1.82) is 0 Å². The van der Waals surface area contributed by atoms with Crippen LogP contribution in [0.4, 0.5) is 10.5 Å². The average molecular weight is 475 g/mol. The predicted octanol–water partition coefficient (Wildman–Crippen LogP) is 4.71. The molecule has 0 aromatic heterocycles. The molecular formula is C27H26N2O6. The highest BCUT2D eigenvalue weighted by Gasteiger charge is 2.41. The molecule has 1 heterocycles.